The second-order valence-corrected chi connectivity index (χ2v) is 9.03. The maximum atomic E-state index is 13.9. The van der Waals surface area contributed by atoms with Gasteiger partial charge in [-0.1, -0.05) is 0 Å². The molecular formula is C23H35FN4O5. The van der Waals surface area contributed by atoms with Crippen LogP contribution >= 0.6 is 0 Å². The van der Waals surface area contributed by atoms with Crippen LogP contribution in [0.5, 0.6) is 5.75 Å². The molecule has 0 radical (unpaired) electrons. The first-order valence-corrected chi connectivity index (χ1v) is 11.1. The summed E-state index contributed by atoms with van der Waals surface area (Å²) in [6, 6.07) is 3.63. The molecule has 0 saturated carbocycles. The molecule has 33 heavy (non-hydrogen) atoms. The van der Waals surface area contributed by atoms with Gasteiger partial charge in [0.25, 0.3) is 5.91 Å². The topological polar surface area (TPSA) is 100 Å². The molecule has 1 aromatic carbocycles. The molecule has 0 spiro atoms. The van der Waals surface area contributed by atoms with E-state index in [4.69, 9.17) is 9.47 Å². The van der Waals surface area contributed by atoms with E-state index in [-0.39, 0.29) is 36.0 Å². The van der Waals surface area contributed by atoms with Gasteiger partial charge in [0.15, 0.2) is 0 Å². The molecule has 1 saturated heterocycles. The second-order valence-electron chi connectivity index (χ2n) is 9.03. The molecule has 2 rings (SSSR count). The highest BCUT2D eigenvalue weighted by Crippen LogP contribution is 2.22. The third-order valence-corrected chi connectivity index (χ3v) is 5.04. The normalized spacial score (nSPS) is 16.2. The van der Waals surface area contributed by atoms with Gasteiger partial charge in [-0.2, -0.15) is 0 Å². The minimum atomic E-state index is -0.580. The maximum absolute atomic E-state index is 13.9. The molecule has 1 aliphatic rings. The number of hydrogen-bond donors (Lipinski definition) is 2. The predicted molar refractivity (Wildman–Crippen MR) is 122 cm³/mol. The van der Waals surface area contributed by atoms with Gasteiger partial charge in [0.2, 0.25) is 5.91 Å². The molecule has 1 aliphatic heterocycles. The zero-order chi connectivity index (χ0) is 24.6. The van der Waals surface area contributed by atoms with Gasteiger partial charge < -0.3 is 29.9 Å². The summed E-state index contributed by atoms with van der Waals surface area (Å²) in [4.78, 5) is 39.7. The Balaban J connectivity index is 1.98. The lowest BCUT2D eigenvalue weighted by molar-refractivity contribution is -0.120. The third kappa shape index (κ3) is 8.53. The molecule has 0 bridgehead atoms. The van der Waals surface area contributed by atoms with E-state index in [1.165, 1.54) is 17.0 Å². The van der Waals surface area contributed by atoms with Gasteiger partial charge in [0.05, 0.1) is 11.6 Å². The zero-order valence-electron chi connectivity index (χ0n) is 20.1. The zero-order valence-corrected chi connectivity index (χ0v) is 20.1. The standard InChI is InChI=1S/C23H35FN4O5/c1-23(2,3)33-22(31)28-12-10-26-17(14-28)15-32-19-9-8-16(24)13-18(19)21(30)27(5)11-6-7-20(29)25-4/h8-9,13,17,26H,6-7,10-12,14-15H2,1-5H3,(H,25,29)/t17-/m1/s1. The molecule has 0 aliphatic carbocycles. The smallest absolute Gasteiger partial charge is 0.410 e. The predicted octanol–water partition coefficient (Wildman–Crippen LogP) is 2.01. The Hall–Kier alpha value is -2.88. The SMILES string of the molecule is CNC(=O)CCCN(C)C(=O)c1cc(F)ccc1OC[C@H]1CN(C(=O)OC(C)(C)C)CCN1. The number of benzene rings is 1. The monoisotopic (exact) mass is 466 g/mol. The molecule has 0 unspecified atom stereocenters. The number of carbonyl (C=O) groups is 3. The summed E-state index contributed by atoms with van der Waals surface area (Å²) in [5.41, 5.74) is -0.471. The summed E-state index contributed by atoms with van der Waals surface area (Å²) in [7, 11) is 3.16. The molecule has 184 valence electrons. The molecule has 0 aromatic heterocycles. The van der Waals surface area contributed by atoms with Gasteiger partial charge in [-0.3, -0.25) is 9.59 Å². The maximum Gasteiger partial charge on any atom is 0.410 e. The van der Waals surface area contributed by atoms with Crippen molar-refractivity contribution in [2.75, 3.05) is 46.9 Å². The van der Waals surface area contributed by atoms with Crippen molar-refractivity contribution in [1.29, 1.82) is 0 Å². The van der Waals surface area contributed by atoms with E-state index >= 15 is 0 Å². The molecule has 1 heterocycles. The number of carbonyl (C=O) groups excluding carboxylic acids is 3. The van der Waals surface area contributed by atoms with Crippen molar-refractivity contribution < 1.29 is 28.2 Å². The van der Waals surface area contributed by atoms with Crippen molar-refractivity contribution in [3.05, 3.63) is 29.6 Å². The summed E-state index contributed by atoms with van der Waals surface area (Å²) in [6.45, 7) is 7.47. The molecule has 1 aromatic rings. The molecule has 9 nitrogen and oxygen atoms in total. The number of amides is 3. The highest BCUT2D eigenvalue weighted by Gasteiger charge is 2.28. The lowest BCUT2D eigenvalue weighted by Crippen LogP contribution is -2.55. The molecular weight excluding hydrogens is 431 g/mol. The van der Waals surface area contributed by atoms with Gasteiger partial charge in [0, 0.05) is 46.7 Å². The Labute approximate surface area is 194 Å². The Bertz CT molecular complexity index is 843. The van der Waals surface area contributed by atoms with Crippen LogP contribution < -0.4 is 15.4 Å². The van der Waals surface area contributed by atoms with Crippen LogP contribution in [0.3, 0.4) is 0 Å². The summed E-state index contributed by atoms with van der Waals surface area (Å²) in [5, 5.41) is 5.82. The van der Waals surface area contributed by atoms with Crippen molar-refractivity contribution in [3.63, 3.8) is 0 Å². The third-order valence-electron chi connectivity index (χ3n) is 5.04. The quantitative estimate of drug-likeness (QED) is 0.608. The fourth-order valence-electron chi connectivity index (χ4n) is 3.32. The number of ether oxygens (including phenoxy) is 2. The van der Waals surface area contributed by atoms with Crippen LogP contribution in [-0.2, 0) is 9.53 Å². The first-order chi connectivity index (χ1) is 15.5. The van der Waals surface area contributed by atoms with Crippen LogP contribution in [0.4, 0.5) is 9.18 Å². The number of halogens is 1. The van der Waals surface area contributed by atoms with Gasteiger partial charge in [-0.05, 0) is 45.4 Å². The van der Waals surface area contributed by atoms with Crippen LogP contribution in [0.25, 0.3) is 0 Å². The van der Waals surface area contributed by atoms with Gasteiger partial charge in [-0.15, -0.1) is 0 Å². The fourth-order valence-corrected chi connectivity index (χ4v) is 3.32. The highest BCUT2D eigenvalue weighted by molar-refractivity contribution is 5.96. The van der Waals surface area contributed by atoms with Gasteiger partial charge in [0.1, 0.15) is 23.8 Å². The van der Waals surface area contributed by atoms with Crippen molar-refractivity contribution in [1.82, 2.24) is 20.4 Å². The van der Waals surface area contributed by atoms with E-state index in [0.29, 0.717) is 39.0 Å². The van der Waals surface area contributed by atoms with Crippen LogP contribution in [0, 0.1) is 5.82 Å². The van der Waals surface area contributed by atoms with Gasteiger partial charge >= 0.3 is 6.09 Å². The minimum Gasteiger partial charge on any atom is -0.491 e. The number of hydrogen-bond acceptors (Lipinski definition) is 6. The molecule has 2 N–H and O–H groups in total. The van der Waals surface area contributed by atoms with E-state index in [1.54, 1.807) is 19.0 Å². The van der Waals surface area contributed by atoms with Crippen molar-refractivity contribution in [3.8, 4) is 5.75 Å². The van der Waals surface area contributed by atoms with E-state index in [0.717, 1.165) is 6.07 Å². The Morgan fingerprint density at radius 3 is 2.70 bits per heavy atom. The molecule has 3 amide bonds. The number of rotatable bonds is 8. The molecule has 1 atom stereocenters. The highest BCUT2D eigenvalue weighted by atomic mass is 19.1. The number of nitrogens with zero attached hydrogens (tertiary/aromatic N) is 2. The van der Waals surface area contributed by atoms with Crippen LogP contribution in [0.2, 0.25) is 0 Å². The van der Waals surface area contributed by atoms with E-state index in [1.807, 2.05) is 20.8 Å². The van der Waals surface area contributed by atoms with Crippen molar-refractivity contribution in [2.24, 2.45) is 0 Å². The van der Waals surface area contributed by atoms with Crippen LogP contribution in [-0.4, -0.2) is 86.2 Å². The Kier molecular flexibility index (Phi) is 9.45. The number of nitrogens with one attached hydrogen (secondary N) is 2. The largest absolute Gasteiger partial charge is 0.491 e. The lowest BCUT2D eigenvalue weighted by atomic mass is 10.1. The minimum absolute atomic E-state index is 0.106. The summed E-state index contributed by atoms with van der Waals surface area (Å²) in [5.74, 6) is -0.786. The van der Waals surface area contributed by atoms with Crippen LogP contribution in [0.15, 0.2) is 18.2 Å². The first kappa shape index (κ1) is 26.4. The van der Waals surface area contributed by atoms with Crippen molar-refractivity contribution >= 4 is 17.9 Å². The molecule has 10 heteroatoms. The Morgan fingerprint density at radius 2 is 2.03 bits per heavy atom. The summed E-state index contributed by atoms with van der Waals surface area (Å²) in [6.07, 6.45) is 0.396. The Morgan fingerprint density at radius 1 is 1.30 bits per heavy atom. The average Bonchev–Trinajstić information content (AvgIpc) is 2.76. The second kappa shape index (κ2) is 11.8. The summed E-state index contributed by atoms with van der Waals surface area (Å²) < 4.78 is 25.2. The van der Waals surface area contributed by atoms with Gasteiger partial charge in [-0.25, -0.2) is 9.18 Å². The average molecular weight is 467 g/mol. The van der Waals surface area contributed by atoms with E-state index < -0.39 is 17.3 Å². The lowest BCUT2D eigenvalue weighted by Gasteiger charge is -2.34. The fraction of sp³-hybridized carbons (Fsp3) is 0.609. The summed E-state index contributed by atoms with van der Waals surface area (Å²) >= 11 is 0. The van der Waals surface area contributed by atoms with E-state index in [9.17, 15) is 18.8 Å². The first-order valence-electron chi connectivity index (χ1n) is 11.1. The molecule has 1 fully saturated rings. The van der Waals surface area contributed by atoms with Crippen molar-refractivity contribution in [2.45, 2.75) is 45.3 Å². The number of piperazine rings is 1. The van der Waals surface area contributed by atoms with Crippen LogP contribution in [0.1, 0.15) is 44.0 Å². The van der Waals surface area contributed by atoms with E-state index in [2.05, 4.69) is 10.6 Å².